The third kappa shape index (κ3) is 9.59. The van der Waals surface area contributed by atoms with Gasteiger partial charge in [0, 0.05) is 0 Å². The maximum absolute atomic E-state index is 2.32. The zero-order chi connectivity index (χ0) is 15.2. The number of hydrogen-bond acceptors (Lipinski definition) is 0. The van der Waals surface area contributed by atoms with Crippen molar-refractivity contribution in [2.75, 3.05) is 0 Å². The third-order valence-electron chi connectivity index (χ3n) is 5.67. The van der Waals surface area contributed by atoms with Crippen molar-refractivity contribution in [2.24, 2.45) is 11.8 Å². The summed E-state index contributed by atoms with van der Waals surface area (Å²) in [5.41, 5.74) is 0. The second-order valence-corrected chi connectivity index (χ2v) is 7.56. The molecule has 0 aliphatic heterocycles. The van der Waals surface area contributed by atoms with Crippen LogP contribution in [0.25, 0.3) is 0 Å². The lowest BCUT2D eigenvalue weighted by Gasteiger charge is -2.19. The van der Waals surface area contributed by atoms with Gasteiger partial charge in [0.2, 0.25) is 0 Å². The van der Waals surface area contributed by atoms with E-state index < -0.39 is 0 Å². The van der Waals surface area contributed by atoms with E-state index in [-0.39, 0.29) is 0 Å². The molecule has 21 heavy (non-hydrogen) atoms. The Kier molecular flexibility index (Phi) is 12.4. The minimum Gasteiger partial charge on any atom is -0.0654 e. The first-order valence-electron chi connectivity index (χ1n) is 10.4. The molecule has 1 fully saturated rings. The lowest BCUT2D eigenvalue weighted by molar-refractivity contribution is 0.322. The van der Waals surface area contributed by atoms with Crippen molar-refractivity contribution in [1.29, 1.82) is 0 Å². The normalized spacial score (nSPS) is 22.0. The Morgan fingerprint density at radius 3 is 1.38 bits per heavy atom. The summed E-state index contributed by atoms with van der Waals surface area (Å²) in [6.07, 6.45) is 25.3. The van der Waals surface area contributed by atoms with Gasteiger partial charge >= 0.3 is 0 Å². The average molecular weight is 295 g/mol. The molecule has 126 valence electrons. The summed E-state index contributed by atoms with van der Waals surface area (Å²) in [4.78, 5) is 0. The molecular weight excluding hydrogens is 252 g/mol. The second kappa shape index (κ2) is 13.6. The van der Waals surface area contributed by atoms with E-state index >= 15 is 0 Å². The van der Waals surface area contributed by atoms with Crippen molar-refractivity contribution in [2.45, 2.75) is 123 Å². The summed E-state index contributed by atoms with van der Waals surface area (Å²) in [6.45, 7) is 4.63. The smallest absolute Gasteiger partial charge is 0.0386 e. The molecule has 1 rings (SSSR count). The van der Waals surface area contributed by atoms with Crippen LogP contribution in [-0.4, -0.2) is 0 Å². The quantitative estimate of drug-likeness (QED) is 0.285. The van der Waals surface area contributed by atoms with Crippen molar-refractivity contribution in [1.82, 2.24) is 0 Å². The highest BCUT2D eigenvalue weighted by molar-refractivity contribution is 4.77. The predicted molar refractivity (Wildman–Crippen MR) is 96.8 cm³/mol. The lowest BCUT2D eigenvalue weighted by atomic mass is 9.87. The van der Waals surface area contributed by atoms with Crippen LogP contribution in [0.3, 0.4) is 0 Å². The maximum atomic E-state index is 2.32. The first-order chi connectivity index (χ1) is 10.4. The fraction of sp³-hybridized carbons (Fsp3) is 1.00. The highest BCUT2D eigenvalue weighted by atomic mass is 14.3. The highest BCUT2D eigenvalue weighted by Crippen LogP contribution is 2.38. The van der Waals surface area contributed by atoms with E-state index in [1.165, 1.54) is 83.5 Å². The van der Waals surface area contributed by atoms with Gasteiger partial charge in [-0.3, -0.25) is 0 Å². The highest BCUT2D eigenvalue weighted by Gasteiger charge is 2.25. The Bertz CT molecular complexity index is 208. The molecule has 2 unspecified atom stereocenters. The van der Waals surface area contributed by atoms with Crippen LogP contribution >= 0.6 is 0 Å². The zero-order valence-corrected chi connectivity index (χ0v) is 15.2. The summed E-state index contributed by atoms with van der Waals surface area (Å²) in [6, 6.07) is 0. The summed E-state index contributed by atoms with van der Waals surface area (Å²) in [7, 11) is 0. The largest absolute Gasteiger partial charge is 0.0654 e. The second-order valence-electron chi connectivity index (χ2n) is 7.56. The first kappa shape index (κ1) is 19.0. The van der Waals surface area contributed by atoms with E-state index in [0.29, 0.717) is 0 Å². The van der Waals surface area contributed by atoms with Gasteiger partial charge in [0.05, 0.1) is 0 Å². The molecule has 0 aromatic carbocycles. The Balaban J connectivity index is 1.95. The van der Waals surface area contributed by atoms with Gasteiger partial charge in [0.25, 0.3) is 0 Å². The molecule has 0 heteroatoms. The molecule has 1 aliphatic carbocycles. The number of unbranched alkanes of at least 4 members (excludes halogenated alkanes) is 10. The molecule has 1 saturated carbocycles. The molecular formula is C21H42. The van der Waals surface area contributed by atoms with Gasteiger partial charge in [-0.1, -0.05) is 123 Å². The predicted octanol–water partition coefficient (Wildman–Crippen LogP) is 7.90. The van der Waals surface area contributed by atoms with Crippen LogP contribution in [0.5, 0.6) is 0 Å². The molecule has 0 saturated heterocycles. The summed E-state index contributed by atoms with van der Waals surface area (Å²) >= 11 is 0. The molecule has 2 atom stereocenters. The van der Waals surface area contributed by atoms with E-state index in [1.54, 1.807) is 25.7 Å². The molecule has 0 amide bonds. The number of rotatable bonds is 14. The standard InChI is InChI=1S/C21H42/c1-3-5-7-9-10-11-12-14-17-21-19-15-18-20(21)16-13-8-6-4-2/h20-21H,3-19H2,1-2H3. The monoisotopic (exact) mass is 294 g/mol. The molecule has 0 nitrogen and oxygen atoms in total. The average Bonchev–Trinajstić information content (AvgIpc) is 2.94. The van der Waals surface area contributed by atoms with E-state index in [0.717, 1.165) is 11.8 Å². The fourth-order valence-electron chi connectivity index (χ4n) is 4.25. The van der Waals surface area contributed by atoms with E-state index in [4.69, 9.17) is 0 Å². The number of hydrogen-bond donors (Lipinski definition) is 0. The molecule has 1 aliphatic rings. The van der Waals surface area contributed by atoms with Gasteiger partial charge in [-0.05, 0) is 11.8 Å². The fourth-order valence-corrected chi connectivity index (χ4v) is 4.25. The van der Waals surface area contributed by atoms with Gasteiger partial charge in [-0.25, -0.2) is 0 Å². The minimum atomic E-state index is 1.10. The summed E-state index contributed by atoms with van der Waals surface area (Å²) in [5, 5.41) is 0. The Morgan fingerprint density at radius 1 is 0.524 bits per heavy atom. The van der Waals surface area contributed by atoms with Crippen molar-refractivity contribution in [3.05, 3.63) is 0 Å². The lowest BCUT2D eigenvalue weighted by Crippen LogP contribution is -2.08. The van der Waals surface area contributed by atoms with Crippen LogP contribution < -0.4 is 0 Å². The molecule has 0 spiro atoms. The van der Waals surface area contributed by atoms with E-state index in [2.05, 4.69) is 13.8 Å². The van der Waals surface area contributed by atoms with Crippen molar-refractivity contribution >= 4 is 0 Å². The molecule has 0 aromatic rings. The van der Waals surface area contributed by atoms with Crippen molar-refractivity contribution in [3.63, 3.8) is 0 Å². The molecule has 0 bridgehead atoms. The van der Waals surface area contributed by atoms with Gasteiger partial charge < -0.3 is 0 Å². The molecule has 0 radical (unpaired) electrons. The van der Waals surface area contributed by atoms with Gasteiger partial charge in [-0.15, -0.1) is 0 Å². The first-order valence-corrected chi connectivity index (χ1v) is 10.4. The summed E-state index contributed by atoms with van der Waals surface area (Å²) in [5.74, 6) is 2.21. The zero-order valence-electron chi connectivity index (χ0n) is 15.2. The van der Waals surface area contributed by atoms with Crippen LogP contribution in [0.1, 0.15) is 123 Å². The Hall–Kier alpha value is 0. The Labute approximate surface area is 135 Å². The third-order valence-corrected chi connectivity index (χ3v) is 5.67. The van der Waals surface area contributed by atoms with Gasteiger partial charge in [0.15, 0.2) is 0 Å². The minimum absolute atomic E-state index is 1.10. The topological polar surface area (TPSA) is 0 Å². The van der Waals surface area contributed by atoms with Crippen LogP contribution in [0, 0.1) is 11.8 Å². The van der Waals surface area contributed by atoms with Crippen LogP contribution in [-0.2, 0) is 0 Å². The summed E-state index contributed by atoms with van der Waals surface area (Å²) < 4.78 is 0. The molecule has 0 aromatic heterocycles. The van der Waals surface area contributed by atoms with Crippen LogP contribution in [0.2, 0.25) is 0 Å². The van der Waals surface area contributed by atoms with Gasteiger partial charge in [-0.2, -0.15) is 0 Å². The van der Waals surface area contributed by atoms with Crippen LogP contribution in [0.4, 0.5) is 0 Å². The van der Waals surface area contributed by atoms with E-state index in [1.807, 2.05) is 0 Å². The van der Waals surface area contributed by atoms with Crippen molar-refractivity contribution < 1.29 is 0 Å². The van der Waals surface area contributed by atoms with E-state index in [9.17, 15) is 0 Å². The maximum Gasteiger partial charge on any atom is -0.0386 e. The molecule has 0 N–H and O–H groups in total. The van der Waals surface area contributed by atoms with Crippen LogP contribution in [0.15, 0.2) is 0 Å². The van der Waals surface area contributed by atoms with Gasteiger partial charge in [0.1, 0.15) is 0 Å². The van der Waals surface area contributed by atoms with Crippen molar-refractivity contribution in [3.8, 4) is 0 Å². The Morgan fingerprint density at radius 2 is 0.905 bits per heavy atom. The SMILES string of the molecule is CCCCCCCCCCC1CCCC1CCCCCC. The molecule has 0 heterocycles.